The highest BCUT2D eigenvalue weighted by Crippen LogP contribution is 2.27. The number of ether oxygens (including phenoxy) is 1. The summed E-state index contributed by atoms with van der Waals surface area (Å²) in [5, 5.41) is 2.88. The number of carbonyl (C=O) groups is 1. The van der Waals surface area contributed by atoms with E-state index >= 15 is 0 Å². The smallest absolute Gasteiger partial charge is 0.243 e. The minimum Gasteiger partial charge on any atom is -0.496 e. The van der Waals surface area contributed by atoms with Gasteiger partial charge in [0.25, 0.3) is 0 Å². The van der Waals surface area contributed by atoms with Gasteiger partial charge in [0.2, 0.25) is 15.9 Å². The van der Waals surface area contributed by atoms with Crippen LogP contribution in [0, 0.1) is 6.92 Å². The van der Waals surface area contributed by atoms with E-state index in [2.05, 4.69) is 5.32 Å². The van der Waals surface area contributed by atoms with Crippen LogP contribution >= 0.6 is 0 Å². The molecule has 0 atom stereocenters. The van der Waals surface area contributed by atoms with Gasteiger partial charge in [-0.05, 0) is 67.6 Å². The van der Waals surface area contributed by atoms with E-state index in [1.54, 1.807) is 29.6 Å². The maximum atomic E-state index is 13.0. The Morgan fingerprint density at radius 3 is 2.55 bits per heavy atom. The Labute approximate surface area is 172 Å². The second-order valence-corrected chi connectivity index (χ2v) is 9.29. The molecule has 0 spiro atoms. The van der Waals surface area contributed by atoms with Crippen molar-refractivity contribution in [2.24, 2.45) is 0 Å². The van der Waals surface area contributed by atoms with Crippen LogP contribution in [0.1, 0.15) is 36.8 Å². The summed E-state index contributed by atoms with van der Waals surface area (Å²) in [5.74, 6) is 0.466. The molecule has 0 aliphatic carbocycles. The highest BCUT2D eigenvalue weighted by molar-refractivity contribution is 7.89. The number of hydrogen-bond donors (Lipinski definition) is 1. The van der Waals surface area contributed by atoms with Crippen molar-refractivity contribution in [1.29, 1.82) is 0 Å². The fourth-order valence-electron chi connectivity index (χ4n) is 3.56. The molecule has 1 saturated heterocycles. The number of piperidine rings is 1. The van der Waals surface area contributed by atoms with Crippen molar-refractivity contribution < 1.29 is 17.9 Å². The maximum absolute atomic E-state index is 13.0. The molecule has 0 radical (unpaired) electrons. The van der Waals surface area contributed by atoms with Crippen LogP contribution in [-0.2, 0) is 21.2 Å². The van der Waals surface area contributed by atoms with Crippen LogP contribution in [0.15, 0.2) is 47.4 Å². The number of nitrogens with zero attached hydrogens (tertiary/aromatic N) is 1. The number of anilines is 1. The van der Waals surface area contributed by atoms with Gasteiger partial charge in [-0.2, -0.15) is 4.31 Å². The van der Waals surface area contributed by atoms with Gasteiger partial charge in [-0.15, -0.1) is 0 Å². The summed E-state index contributed by atoms with van der Waals surface area (Å²) in [4.78, 5) is 12.6. The van der Waals surface area contributed by atoms with Gasteiger partial charge < -0.3 is 10.1 Å². The lowest BCUT2D eigenvalue weighted by molar-refractivity contribution is -0.116. The van der Waals surface area contributed by atoms with E-state index in [0.29, 0.717) is 30.8 Å². The number of carbonyl (C=O) groups excluding carboxylic acids is 1. The fraction of sp³-hybridized carbons (Fsp3) is 0.409. The first-order valence-electron chi connectivity index (χ1n) is 9.94. The Bertz CT molecular complexity index is 967. The Hall–Kier alpha value is -2.38. The standard InChI is InChI=1S/C22H28N2O4S/c1-17-7-6-8-19(15-17)23-22(25)12-9-18-16-20(10-11-21(18)28-2)29(26,27)24-13-4-3-5-14-24/h6-8,10-11,15-16H,3-5,9,12-14H2,1-2H3,(H,23,25). The van der Waals surface area contributed by atoms with Crippen LogP contribution in [0.3, 0.4) is 0 Å². The summed E-state index contributed by atoms with van der Waals surface area (Å²) in [6.07, 6.45) is 3.47. The molecule has 0 unspecified atom stereocenters. The van der Waals surface area contributed by atoms with E-state index in [-0.39, 0.29) is 17.2 Å². The molecule has 156 valence electrons. The quantitative estimate of drug-likeness (QED) is 0.746. The Morgan fingerprint density at radius 1 is 1.10 bits per heavy atom. The Morgan fingerprint density at radius 2 is 1.86 bits per heavy atom. The lowest BCUT2D eigenvalue weighted by Gasteiger charge is -2.26. The molecular weight excluding hydrogens is 388 g/mol. The van der Waals surface area contributed by atoms with Crippen LogP contribution < -0.4 is 10.1 Å². The zero-order valence-corrected chi connectivity index (χ0v) is 17.8. The average molecular weight is 417 g/mol. The number of rotatable bonds is 7. The minimum atomic E-state index is -3.52. The molecule has 0 aromatic heterocycles. The van der Waals surface area contributed by atoms with Gasteiger partial charge in [-0.3, -0.25) is 4.79 Å². The highest BCUT2D eigenvalue weighted by atomic mass is 32.2. The first-order valence-corrected chi connectivity index (χ1v) is 11.4. The first kappa shape index (κ1) is 21.3. The third kappa shape index (κ3) is 5.36. The zero-order valence-electron chi connectivity index (χ0n) is 17.0. The largest absolute Gasteiger partial charge is 0.496 e. The van der Waals surface area contributed by atoms with E-state index in [0.717, 1.165) is 30.5 Å². The molecule has 1 fully saturated rings. The van der Waals surface area contributed by atoms with Gasteiger partial charge in [-0.25, -0.2) is 8.42 Å². The van der Waals surface area contributed by atoms with Gasteiger partial charge in [0, 0.05) is 25.2 Å². The highest BCUT2D eigenvalue weighted by Gasteiger charge is 2.26. The third-order valence-electron chi connectivity index (χ3n) is 5.13. The molecule has 7 heteroatoms. The Kier molecular flexibility index (Phi) is 6.92. The Balaban J connectivity index is 1.72. The molecule has 1 heterocycles. The number of sulfonamides is 1. The van der Waals surface area contributed by atoms with Crippen molar-refractivity contribution in [2.45, 2.75) is 43.9 Å². The summed E-state index contributed by atoms with van der Waals surface area (Å²) in [6, 6.07) is 12.5. The maximum Gasteiger partial charge on any atom is 0.243 e. The van der Waals surface area contributed by atoms with Crippen molar-refractivity contribution in [3.63, 3.8) is 0 Å². The molecule has 1 N–H and O–H groups in total. The molecule has 2 aromatic carbocycles. The summed E-state index contributed by atoms with van der Waals surface area (Å²) in [6.45, 7) is 3.08. The van der Waals surface area contributed by atoms with Crippen LogP contribution in [0.25, 0.3) is 0 Å². The summed E-state index contributed by atoms with van der Waals surface area (Å²) in [5.41, 5.74) is 2.54. The van der Waals surface area contributed by atoms with Crippen LogP contribution in [-0.4, -0.2) is 38.8 Å². The predicted octanol–water partition coefficient (Wildman–Crippen LogP) is 3.75. The van der Waals surface area contributed by atoms with E-state index < -0.39 is 10.0 Å². The van der Waals surface area contributed by atoms with Crippen molar-refractivity contribution in [1.82, 2.24) is 4.31 Å². The first-order chi connectivity index (χ1) is 13.9. The molecular formula is C22H28N2O4S. The van der Waals surface area contributed by atoms with Crippen LogP contribution in [0.2, 0.25) is 0 Å². The van der Waals surface area contributed by atoms with Crippen LogP contribution in [0.4, 0.5) is 5.69 Å². The molecule has 6 nitrogen and oxygen atoms in total. The van der Waals surface area contributed by atoms with E-state index in [1.807, 2.05) is 31.2 Å². The molecule has 1 amide bonds. The second-order valence-electron chi connectivity index (χ2n) is 7.36. The molecule has 29 heavy (non-hydrogen) atoms. The second kappa shape index (κ2) is 9.41. The lowest BCUT2D eigenvalue weighted by atomic mass is 10.1. The van der Waals surface area contributed by atoms with Crippen molar-refractivity contribution in [3.05, 3.63) is 53.6 Å². The van der Waals surface area contributed by atoms with E-state index in [9.17, 15) is 13.2 Å². The predicted molar refractivity (Wildman–Crippen MR) is 114 cm³/mol. The summed E-state index contributed by atoms with van der Waals surface area (Å²) >= 11 is 0. The van der Waals surface area contributed by atoms with E-state index in [4.69, 9.17) is 4.74 Å². The van der Waals surface area contributed by atoms with Gasteiger partial charge >= 0.3 is 0 Å². The lowest BCUT2D eigenvalue weighted by Crippen LogP contribution is -2.35. The topological polar surface area (TPSA) is 75.7 Å². The third-order valence-corrected chi connectivity index (χ3v) is 7.02. The number of methoxy groups -OCH3 is 1. The summed E-state index contributed by atoms with van der Waals surface area (Å²) in [7, 11) is -1.98. The van der Waals surface area contributed by atoms with E-state index in [1.165, 1.54) is 0 Å². The van der Waals surface area contributed by atoms with Gasteiger partial charge in [0.1, 0.15) is 5.75 Å². The minimum absolute atomic E-state index is 0.123. The fourth-order valence-corrected chi connectivity index (χ4v) is 5.13. The molecule has 1 aliphatic heterocycles. The molecule has 3 rings (SSSR count). The van der Waals surface area contributed by atoms with Crippen molar-refractivity contribution >= 4 is 21.6 Å². The van der Waals surface area contributed by atoms with Gasteiger partial charge in [-0.1, -0.05) is 18.6 Å². The normalized spacial score (nSPS) is 15.1. The van der Waals surface area contributed by atoms with Gasteiger partial charge in [0.05, 0.1) is 12.0 Å². The number of nitrogens with one attached hydrogen (secondary N) is 1. The average Bonchev–Trinajstić information content (AvgIpc) is 2.72. The monoisotopic (exact) mass is 416 g/mol. The molecule has 0 saturated carbocycles. The zero-order chi connectivity index (χ0) is 20.9. The molecule has 1 aliphatic rings. The van der Waals surface area contributed by atoms with Crippen LogP contribution in [0.5, 0.6) is 5.75 Å². The molecule has 0 bridgehead atoms. The molecule has 2 aromatic rings. The number of amides is 1. The number of benzene rings is 2. The summed E-state index contributed by atoms with van der Waals surface area (Å²) < 4.78 is 32.8. The number of hydrogen-bond acceptors (Lipinski definition) is 4. The SMILES string of the molecule is COc1ccc(S(=O)(=O)N2CCCCC2)cc1CCC(=O)Nc1cccc(C)c1. The van der Waals surface area contributed by atoms with Gasteiger partial charge in [0.15, 0.2) is 0 Å². The number of aryl methyl sites for hydroxylation is 2. The van der Waals surface area contributed by atoms with Crippen molar-refractivity contribution in [2.75, 3.05) is 25.5 Å². The van der Waals surface area contributed by atoms with Crippen molar-refractivity contribution in [3.8, 4) is 5.75 Å².